The smallest absolute Gasteiger partial charge is 0.267 e. The first-order chi connectivity index (χ1) is 13.5. The first-order valence-electron chi connectivity index (χ1n) is 9.31. The minimum absolute atomic E-state index is 0.216. The number of carbonyl (C=O) groups is 2. The molecule has 0 aliphatic heterocycles. The molecule has 0 saturated heterocycles. The number of nitrogens with zero attached hydrogens (tertiary/aromatic N) is 1. The minimum Gasteiger partial charge on any atom is -0.378 e. The average Bonchev–Trinajstić information content (AvgIpc) is 2.71. The normalized spacial score (nSPS) is 11.3. The topological polar surface area (TPSA) is 61.4 Å². The molecule has 0 unspecified atom stereocenters. The van der Waals surface area contributed by atoms with Gasteiger partial charge in [-0.2, -0.15) is 0 Å². The van der Waals surface area contributed by atoms with Crippen LogP contribution < -0.4 is 15.5 Å². The summed E-state index contributed by atoms with van der Waals surface area (Å²) < 4.78 is 0. The van der Waals surface area contributed by atoms with Gasteiger partial charge in [0.15, 0.2) is 0 Å². The third-order valence-corrected chi connectivity index (χ3v) is 3.99. The van der Waals surface area contributed by atoms with Gasteiger partial charge in [0.2, 0.25) is 5.91 Å². The first kappa shape index (κ1) is 21.0. The molecule has 0 saturated carbocycles. The average molecular weight is 377 g/mol. The molecule has 0 spiro atoms. The highest BCUT2D eigenvalue weighted by Gasteiger charge is 2.11. The summed E-state index contributed by atoms with van der Waals surface area (Å²) in [5.41, 5.74) is 3.02. The van der Waals surface area contributed by atoms with E-state index in [-0.39, 0.29) is 17.5 Å². The van der Waals surface area contributed by atoms with Gasteiger partial charge in [-0.05, 0) is 41.8 Å². The van der Waals surface area contributed by atoms with Gasteiger partial charge in [0, 0.05) is 32.4 Å². The van der Waals surface area contributed by atoms with E-state index in [2.05, 4.69) is 10.6 Å². The summed E-state index contributed by atoms with van der Waals surface area (Å²) in [6.45, 7) is 2.52. The van der Waals surface area contributed by atoms with Crippen molar-refractivity contribution in [2.75, 3.05) is 25.5 Å². The molecule has 28 heavy (non-hydrogen) atoms. The Morgan fingerprint density at radius 1 is 0.964 bits per heavy atom. The lowest BCUT2D eigenvalue weighted by Gasteiger charge is -2.12. The SMILES string of the molecule is CCCNC(=O)/C(=C/c1ccc(N(C)C)cc1)NC(=O)/C=C/c1ccccc1. The minimum atomic E-state index is -0.355. The molecule has 0 radical (unpaired) electrons. The fraction of sp³-hybridized carbons (Fsp3) is 0.217. The lowest BCUT2D eigenvalue weighted by molar-refractivity contribution is -0.121. The summed E-state index contributed by atoms with van der Waals surface area (Å²) in [7, 11) is 3.93. The Morgan fingerprint density at radius 3 is 2.25 bits per heavy atom. The van der Waals surface area contributed by atoms with E-state index >= 15 is 0 Å². The molecule has 5 nitrogen and oxygen atoms in total. The predicted molar refractivity (Wildman–Crippen MR) is 116 cm³/mol. The van der Waals surface area contributed by atoms with Crippen LogP contribution in [0.15, 0.2) is 66.4 Å². The number of rotatable bonds is 8. The van der Waals surface area contributed by atoms with Crippen LogP contribution in [-0.2, 0) is 9.59 Å². The zero-order valence-corrected chi connectivity index (χ0v) is 16.6. The van der Waals surface area contributed by atoms with Gasteiger partial charge in [-0.25, -0.2) is 0 Å². The summed E-state index contributed by atoms with van der Waals surface area (Å²) in [5, 5.41) is 5.50. The molecular formula is C23H27N3O2. The fourth-order valence-electron chi connectivity index (χ4n) is 2.44. The second-order valence-corrected chi connectivity index (χ2v) is 6.53. The summed E-state index contributed by atoms with van der Waals surface area (Å²) in [6, 6.07) is 17.3. The molecule has 2 N–H and O–H groups in total. The van der Waals surface area contributed by atoms with Crippen molar-refractivity contribution in [1.29, 1.82) is 0 Å². The van der Waals surface area contributed by atoms with Crippen molar-refractivity contribution < 1.29 is 9.59 Å². The molecule has 146 valence electrons. The third-order valence-electron chi connectivity index (χ3n) is 3.99. The van der Waals surface area contributed by atoms with E-state index in [0.29, 0.717) is 6.54 Å². The molecule has 2 amide bonds. The predicted octanol–water partition coefficient (Wildman–Crippen LogP) is 3.45. The Labute approximate surface area is 166 Å². The van der Waals surface area contributed by atoms with Crippen LogP contribution in [0.2, 0.25) is 0 Å². The molecule has 0 fully saturated rings. The maximum Gasteiger partial charge on any atom is 0.267 e. The van der Waals surface area contributed by atoms with Gasteiger partial charge in [0.1, 0.15) is 5.70 Å². The number of amides is 2. The highest BCUT2D eigenvalue weighted by atomic mass is 16.2. The molecule has 2 aromatic rings. The molecule has 0 aromatic heterocycles. The molecule has 0 heterocycles. The lowest BCUT2D eigenvalue weighted by atomic mass is 10.1. The second kappa shape index (κ2) is 10.7. The standard InChI is InChI=1S/C23H27N3O2/c1-4-16-24-23(28)21(17-19-10-13-20(14-11-19)26(2)3)25-22(27)15-12-18-8-6-5-7-9-18/h5-15,17H,4,16H2,1-3H3,(H,24,28)(H,25,27)/b15-12+,21-17-. The largest absolute Gasteiger partial charge is 0.378 e. The van der Waals surface area contributed by atoms with E-state index in [1.54, 1.807) is 12.2 Å². The van der Waals surface area contributed by atoms with Crippen molar-refractivity contribution in [3.8, 4) is 0 Å². The highest BCUT2D eigenvalue weighted by molar-refractivity contribution is 6.04. The number of benzene rings is 2. The van der Waals surface area contributed by atoms with Gasteiger partial charge in [0.25, 0.3) is 5.91 Å². The molecule has 0 aliphatic rings. The van der Waals surface area contributed by atoms with Crippen LogP contribution >= 0.6 is 0 Å². The van der Waals surface area contributed by atoms with Crippen LogP contribution in [0.25, 0.3) is 12.2 Å². The van der Waals surface area contributed by atoms with Crippen LogP contribution in [0.3, 0.4) is 0 Å². The Morgan fingerprint density at radius 2 is 1.64 bits per heavy atom. The zero-order chi connectivity index (χ0) is 20.4. The van der Waals surface area contributed by atoms with Gasteiger partial charge < -0.3 is 15.5 Å². The Kier molecular flexibility index (Phi) is 8.03. The zero-order valence-electron chi connectivity index (χ0n) is 16.6. The van der Waals surface area contributed by atoms with E-state index < -0.39 is 0 Å². The van der Waals surface area contributed by atoms with E-state index in [0.717, 1.165) is 23.2 Å². The van der Waals surface area contributed by atoms with Crippen LogP contribution in [-0.4, -0.2) is 32.5 Å². The van der Waals surface area contributed by atoms with Crippen LogP contribution in [0.4, 0.5) is 5.69 Å². The highest BCUT2D eigenvalue weighted by Crippen LogP contribution is 2.14. The number of hydrogen-bond acceptors (Lipinski definition) is 3. The molecule has 0 aliphatic carbocycles. The fourth-order valence-corrected chi connectivity index (χ4v) is 2.44. The monoisotopic (exact) mass is 377 g/mol. The van der Waals surface area contributed by atoms with Crippen molar-refractivity contribution in [3.63, 3.8) is 0 Å². The van der Waals surface area contributed by atoms with E-state index in [1.807, 2.05) is 80.5 Å². The Bertz CT molecular complexity index is 838. The number of carbonyl (C=O) groups excluding carboxylic acids is 2. The van der Waals surface area contributed by atoms with Crippen LogP contribution in [0, 0.1) is 0 Å². The maximum absolute atomic E-state index is 12.5. The Hall–Kier alpha value is -3.34. The van der Waals surface area contributed by atoms with E-state index in [4.69, 9.17) is 0 Å². The van der Waals surface area contributed by atoms with Crippen LogP contribution in [0.1, 0.15) is 24.5 Å². The first-order valence-corrected chi connectivity index (χ1v) is 9.31. The van der Waals surface area contributed by atoms with E-state index in [9.17, 15) is 9.59 Å². The quantitative estimate of drug-likeness (QED) is 0.693. The van der Waals surface area contributed by atoms with Gasteiger partial charge in [-0.3, -0.25) is 9.59 Å². The molecule has 5 heteroatoms. The Balaban J connectivity index is 2.17. The summed E-state index contributed by atoms with van der Waals surface area (Å²) in [5.74, 6) is -0.660. The lowest BCUT2D eigenvalue weighted by Crippen LogP contribution is -2.34. The van der Waals surface area contributed by atoms with Crippen molar-refractivity contribution in [2.45, 2.75) is 13.3 Å². The maximum atomic E-state index is 12.5. The van der Waals surface area contributed by atoms with Crippen molar-refractivity contribution in [3.05, 3.63) is 77.5 Å². The summed E-state index contributed by atoms with van der Waals surface area (Å²) in [4.78, 5) is 26.8. The molecular weight excluding hydrogens is 350 g/mol. The van der Waals surface area contributed by atoms with Gasteiger partial charge in [-0.1, -0.05) is 49.4 Å². The van der Waals surface area contributed by atoms with Gasteiger partial charge >= 0.3 is 0 Å². The van der Waals surface area contributed by atoms with Crippen molar-refractivity contribution in [1.82, 2.24) is 10.6 Å². The van der Waals surface area contributed by atoms with Crippen molar-refractivity contribution >= 4 is 29.7 Å². The third kappa shape index (κ3) is 6.76. The molecule has 2 rings (SSSR count). The van der Waals surface area contributed by atoms with Gasteiger partial charge in [-0.15, -0.1) is 0 Å². The second-order valence-electron chi connectivity index (χ2n) is 6.53. The summed E-state index contributed by atoms with van der Waals surface area (Å²) in [6.07, 6.45) is 5.63. The molecule has 2 aromatic carbocycles. The molecule has 0 bridgehead atoms. The number of hydrogen-bond donors (Lipinski definition) is 2. The van der Waals surface area contributed by atoms with Crippen molar-refractivity contribution in [2.24, 2.45) is 0 Å². The number of anilines is 1. The number of nitrogens with one attached hydrogen (secondary N) is 2. The summed E-state index contributed by atoms with van der Waals surface area (Å²) >= 11 is 0. The van der Waals surface area contributed by atoms with Gasteiger partial charge in [0.05, 0.1) is 0 Å². The van der Waals surface area contributed by atoms with E-state index in [1.165, 1.54) is 6.08 Å². The van der Waals surface area contributed by atoms with Crippen LogP contribution in [0.5, 0.6) is 0 Å². The molecule has 0 atom stereocenters.